The van der Waals surface area contributed by atoms with Gasteiger partial charge in [0.05, 0.1) is 38.1 Å². The molecule has 1 aliphatic carbocycles. The molecule has 13 nitrogen and oxygen atoms in total. The van der Waals surface area contributed by atoms with Crippen molar-refractivity contribution < 1.29 is 63.1 Å². The van der Waals surface area contributed by atoms with Crippen molar-refractivity contribution in [3.05, 3.63) is 48.6 Å². The Bertz CT molecular complexity index is 1250. The van der Waals surface area contributed by atoms with Crippen LogP contribution in [-0.4, -0.2) is 99.3 Å². The van der Waals surface area contributed by atoms with E-state index in [9.17, 15) is 39.5 Å². The van der Waals surface area contributed by atoms with E-state index in [4.69, 9.17) is 19.1 Å². The molecule has 0 aliphatic heterocycles. The quantitative estimate of drug-likeness (QED) is 0.0149. The third kappa shape index (κ3) is 30.0. The molecular formula is C46H81O13P. The van der Waals surface area contributed by atoms with E-state index in [1.54, 1.807) is 6.08 Å². The van der Waals surface area contributed by atoms with Crippen LogP contribution in [0, 0.1) is 11.8 Å². The van der Waals surface area contributed by atoms with Crippen molar-refractivity contribution in [3.8, 4) is 0 Å². The summed E-state index contributed by atoms with van der Waals surface area (Å²) in [5, 5.41) is 49.7. The molecule has 0 saturated heterocycles. The van der Waals surface area contributed by atoms with Gasteiger partial charge in [0.1, 0.15) is 12.7 Å². The first-order valence-corrected chi connectivity index (χ1v) is 24.3. The van der Waals surface area contributed by atoms with Gasteiger partial charge < -0.3 is 39.9 Å². The summed E-state index contributed by atoms with van der Waals surface area (Å²) in [6.07, 6.45) is 31.6. The second-order valence-electron chi connectivity index (χ2n) is 16.0. The first-order valence-electron chi connectivity index (χ1n) is 22.9. The monoisotopic (exact) mass is 873 g/mol. The maximum absolute atomic E-state index is 12.7. The van der Waals surface area contributed by atoms with Gasteiger partial charge in [-0.1, -0.05) is 127 Å². The SMILES string of the molecule is CCCCC/C=C\C/C=C\CCCCCCCCCC(=O)OC[C@H](COP(=O)(O)OC[C@@H](O)CO)OC(=O)CCC/C=C/C[C@@H]1[C@@H](/C=C/[C@@H](O)CCCCC)[C@H](O)C[C@@H]1O. The number of phosphoric acid groups is 1. The number of rotatable bonds is 38. The summed E-state index contributed by atoms with van der Waals surface area (Å²) in [5.74, 6) is -1.59. The Balaban J connectivity index is 2.46. The fraction of sp³-hybridized carbons (Fsp3) is 0.783. The zero-order valence-corrected chi connectivity index (χ0v) is 37.6. The van der Waals surface area contributed by atoms with Gasteiger partial charge in [0, 0.05) is 25.2 Å². The van der Waals surface area contributed by atoms with Gasteiger partial charge in [0.25, 0.3) is 0 Å². The van der Waals surface area contributed by atoms with Gasteiger partial charge >= 0.3 is 19.8 Å². The predicted octanol–water partition coefficient (Wildman–Crippen LogP) is 8.49. The van der Waals surface area contributed by atoms with Crippen LogP contribution in [0.1, 0.15) is 162 Å². The standard InChI is InChI=1S/C46H81O13P/c1-3-5-7-8-9-10-11-12-13-14-15-16-17-18-19-20-25-29-45(52)56-36-40(37-58-60(54,55)57-35-39(49)34-47)59-46(53)30-26-22-21-24-28-41-42(44(51)33-43(41)50)32-31-38(48)27-23-6-4-2/h9-10,12-13,21,24,31-32,38-44,47-51H,3-8,11,14-20,22-23,25-30,33-37H2,1-2H3,(H,54,55)/b10-9-,13-12-,24-21+,32-31+/t38-,39-,40+,41+,42+,43-,44+/m0/s1. The molecule has 0 radical (unpaired) electrons. The van der Waals surface area contributed by atoms with Crippen LogP contribution < -0.4 is 0 Å². The Kier molecular flexibility index (Phi) is 33.8. The number of allylic oxidation sites excluding steroid dienone is 6. The van der Waals surface area contributed by atoms with Crippen LogP contribution in [-0.2, 0) is 32.7 Å². The van der Waals surface area contributed by atoms with Gasteiger partial charge in [0.15, 0.2) is 6.10 Å². The van der Waals surface area contributed by atoms with Gasteiger partial charge in [-0.15, -0.1) is 0 Å². The van der Waals surface area contributed by atoms with Gasteiger partial charge in [0.2, 0.25) is 0 Å². The Labute approximate surface area is 360 Å². The molecule has 8 atom stereocenters. The van der Waals surface area contributed by atoms with Crippen molar-refractivity contribution >= 4 is 19.8 Å². The molecule has 60 heavy (non-hydrogen) atoms. The number of phosphoric ester groups is 1. The first-order chi connectivity index (χ1) is 28.9. The minimum absolute atomic E-state index is 0.00433. The molecule has 1 saturated carbocycles. The van der Waals surface area contributed by atoms with Crippen LogP contribution in [0.25, 0.3) is 0 Å². The molecule has 0 heterocycles. The van der Waals surface area contributed by atoms with Crippen LogP contribution in [0.2, 0.25) is 0 Å². The largest absolute Gasteiger partial charge is 0.472 e. The summed E-state index contributed by atoms with van der Waals surface area (Å²) >= 11 is 0. The maximum Gasteiger partial charge on any atom is 0.472 e. The molecule has 1 unspecified atom stereocenters. The second-order valence-corrected chi connectivity index (χ2v) is 17.5. The van der Waals surface area contributed by atoms with E-state index in [0.29, 0.717) is 32.1 Å². The van der Waals surface area contributed by atoms with E-state index >= 15 is 0 Å². The number of esters is 2. The Morgan fingerprint density at radius 2 is 1.28 bits per heavy atom. The van der Waals surface area contributed by atoms with E-state index < -0.39 is 76.7 Å². The van der Waals surface area contributed by atoms with E-state index in [0.717, 1.165) is 57.8 Å². The summed E-state index contributed by atoms with van der Waals surface area (Å²) in [5.41, 5.74) is 0. The molecule has 0 amide bonds. The van der Waals surface area contributed by atoms with Crippen LogP contribution in [0.3, 0.4) is 0 Å². The van der Waals surface area contributed by atoms with E-state index in [2.05, 4.69) is 42.7 Å². The smallest absolute Gasteiger partial charge is 0.462 e. The average Bonchev–Trinajstić information content (AvgIpc) is 3.49. The lowest BCUT2D eigenvalue weighted by molar-refractivity contribution is -0.161. The molecule has 0 spiro atoms. The van der Waals surface area contributed by atoms with Crippen LogP contribution in [0.4, 0.5) is 0 Å². The molecule has 348 valence electrons. The lowest BCUT2D eigenvalue weighted by atomic mass is 9.89. The number of hydrogen-bond acceptors (Lipinski definition) is 12. The molecule has 0 bridgehead atoms. The molecular weight excluding hydrogens is 791 g/mol. The predicted molar refractivity (Wildman–Crippen MR) is 235 cm³/mol. The van der Waals surface area contributed by atoms with Crippen molar-refractivity contribution in [2.24, 2.45) is 11.8 Å². The lowest BCUT2D eigenvalue weighted by Crippen LogP contribution is -2.29. The fourth-order valence-corrected chi connectivity index (χ4v) is 7.69. The van der Waals surface area contributed by atoms with E-state index in [1.165, 1.54) is 38.5 Å². The van der Waals surface area contributed by atoms with Crippen molar-refractivity contribution in [2.75, 3.05) is 26.4 Å². The molecule has 0 aromatic carbocycles. The van der Waals surface area contributed by atoms with Gasteiger partial charge in [-0.2, -0.15) is 0 Å². The highest BCUT2D eigenvalue weighted by Crippen LogP contribution is 2.43. The van der Waals surface area contributed by atoms with Crippen LogP contribution in [0.15, 0.2) is 48.6 Å². The van der Waals surface area contributed by atoms with Crippen molar-refractivity contribution in [1.29, 1.82) is 0 Å². The van der Waals surface area contributed by atoms with Gasteiger partial charge in [-0.25, -0.2) is 4.57 Å². The summed E-state index contributed by atoms with van der Waals surface area (Å²) in [6, 6.07) is 0. The molecule has 0 aromatic rings. The number of carbonyl (C=O) groups is 2. The van der Waals surface area contributed by atoms with Crippen molar-refractivity contribution in [2.45, 2.75) is 192 Å². The Morgan fingerprint density at radius 1 is 0.700 bits per heavy atom. The molecule has 1 rings (SSSR count). The van der Waals surface area contributed by atoms with Crippen LogP contribution >= 0.6 is 7.82 Å². The minimum Gasteiger partial charge on any atom is -0.462 e. The Hall–Kier alpha value is -2.19. The summed E-state index contributed by atoms with van der Waals surface area (Å²) in [7, 11) is -4.69. The van der Waals surface area contributed by atoms with Gasteiger partial charge in [-0.3, -0.25) is 18.6 Å². The highest BCUT2D eigenvalue weighted by Gasteiger charge is 2.39. The van der Waals surface area contributed by atoms with Crippen molar-refractivity contribution in [1.82, 2.24) is 0 Å². The van der Waals surface area contributed by atoms with E-state index in [1.807, 2.05) is 18.2 Å². The zero-order chi connectivity index (χ0) is 44.3. The lowest BCUT2D eigenvalue weighted by Gasteiger charge is -2.20. The minimum atomic E-state index is -4.69. The summed E-state index contributed by atoms with van der Waals surface area (Å²) < 4.78 is 32.7. The number of aliphatic hydroxyl groups is 5. The third-order valence-electron chi connectivity index (χ3n) is 10.5. The zero-order valence-electron chi connectivity index (χ0n) is 36.7. The summed E-state index contributed by atoms with van der Waals surface area (Å²) in [4.78, 5) is 35.2. The normalized spacial score (nSPS) is 21.0. The number of ether oxygens (including phenoxy) is 2. The highest BCUT2D eigenvalue weighted by atomic mass is 31.2. The maximum atomic E-state index is 12.7. The summed E-state index contributed by atoms with van der Waals surface area (Å²) in [6.45, 7) is 1.96. The van der Waals surface area contributed by atoms with E-state index in [-0.39, 0.29) is 31.1 Å². The number of aliphatic hydroxyl groups excluding tert-OH is 5. The number of unbranched alkanes of at least 4 members (excludes halogenated alkanes) is 13. The molecule has 1 aliphatic rings. The third-order valence-corrected chi connectivity index (χ3v) is 11.5. The second kappa shape index (κ2) is 36.3. The molecule has 0 aromatic heterocycles. The molecule has 6 N–H and O–H groups in total. The highest BCUT2D eigenvalue weighted by molar-refractivity contribution is 7.47. The average molecular weight is 873 g/mol. The molecule has 1 fully saturated rings. The van der Waals surface area contributed by atoms with Crippen molar-refractivity contribution in [3.63, 3.8) is 0 Å². The first kappa shape index (κ1) is 55.8. The fourth-order valence-electron chi connectivity index (χ4n) is 6.90. The number of hydrogen-bond donors (Lipinski definition) is 6. The number of carbonyl (C=O) groups excluding carboxylic acids is 2. The molecule has 14 heteroatoms. The topological polar surface area (TPSA) is 210 Å². The van der Waals surface area contributed by atoms with Gasteiger partial charge in [-0.05, 0) is 70.1 Å². The Morgan fingerprint density at radius 3 is 1.97 bits per heavy atom. The van der Waals surface area contributed by atoms with Crippen LogP contribution in [0.5, 0.6) is 0 Å².